The van der Waals surface area contributed by atoms with Gasteiger partial charge in [0.2, 0.25) is 0 Å². The third-order valence-corrected chi connectivity index (χ3v) is 3.16. The van der Waals surface area contributed by atoms with E-state index in [1.54, 1.807) is 18.6 Å². The topological polar surface area (TPSA) is 63.6 Å². The number of rotatable bonds is 3. The largest absolute Gasteiger partial charge is 0.273 e. The summed E-state index contributed by atoms with van der Waals surface area (Å²) in [5.41, 5.74) is 2.55. The molecule has 3 heterocycles. The third-order valence-electron chi connectivity index (χ3n) is 3.16. The molecule has 5 heteroatoms. The predicted molar refractivity (Wildman–Crippen MR) is 78.4 cm³/mol. The zero-order valence-corrected chi connectivity index (χ0v) is 11.5. The van der Waals surface area contributed by atoms with Crippen molar-refractivity contribution in [1.82, 2.24) is 19.7 Å². The highest BCUT2D eigenvalue weighted by Gasteiger charge is 2.10. The van der Waals surface area contributed by atoms with Gasteiger partial charge in [0.05, 0.1) is 5.39 Å². The number of pyridine rings is 2. The molecule has 3 rings (SSSR count). The molecule has 3 aromatic rings. The minimum absolute atomic E-state index is 0.0935. The summed E-state index contributed by atoms with van der Waals surface area (Å²) < 4.78 is 1.82. The molecular weight excluding hydrogens is 252 g/mol. The summed E-state index contributed by atoms with van der Waals surface area (Å²) in [6.45, 7) is 4.96. The molecule has 0 aliphatic rings. The highest BCUT2D eigenvalue weighted by atomic mass is 16.1. The van der Waals surface area contributed by atoms with Gasteiger partial charge < -0.3 is 0 Å². The molecule has 0 aliphatic carbocycles. The van der Waals surface area contributed by atoms with Crippen LogP contribution in [0.25, 0.3) is 22.2 Å². The number of aromatic nitrogens is 4. The van der Waals surface area contributed by atoms with E-state index in [0.29, 0.717) is 17.0 Å². The van der Waals surface area contributed by atoms with Crippen molar-refractivity contribution in [2.45, 2.75) is 20.4 Å². The molecule has 0 unspecified atom stereocenters. The van der Waals surface area contributed by atoms with Crippen molar-refractivity contribution in [2.24, 2.45) is 5.92 Å². The average Bonchev–Trinajstić information content (AvgIpc) is 2.75. The molecule has 0 bridgehead atoms. The second-order valence-corrected chi connectivity index (χ2v) is 5.28. The van der Waals surface area contributed by atoms with Crippen molar-refractivity contribution < 1.29 is 0 Å². The van der Waals surface area contributed by atoms with Gasteiger partial charge in [-0.1, -0.05) is 13.8 Å². The molecule has 1 N–H and O–H groups in total. The first kappa shape index (κ1) is 12.6. The van der Waals surface area contributed by atoms with Gasteiger partial charge in [0.15, 0.2) is 5.65 Å². The van der Waals surface area contributed by atoms with Crippen LogP contribution in [-0.2, 0) is 6.54 Å². The van der Waals surface area contributed by atoms with Crippen LogP contribution in [0, 0.1) is 5.92 Å². The number of fused-ring (bicyclic) bond motifs is 1. The molecule has 0 fully saturated rings. The van der Waals surface area contributed by atoms with E-state index in [1.807, 2.05) is 22.9 Å². The Morgan fingerprint density at radius 1 is 1.25 bits per heavy atom. The molecule has 0 saturated carbocycles. The van der Waals surface area contributed by atoms with Gasteiger partial charge >= 0.3 is 0 Å². The lowest BCUT2D eigenvalue weighted by atomic mass is 10.1. The van der Waals surface area contributed by atoms with E-state index in [0.717, 1.165) is 17.7 Å². The Kier molecular flexibility index (Phi) is 3.10. The fraction of sp³-hybridized carbons (Fsp3) is 0.267. The van der Waals surface area contributed by atoms with Gasteiger partial charge in [-0.25, -0.2) is 4.98 Å². The zero-order chi connectivity index (χ0) is 14.1. The third kappa shape index (κ3) is 2.22. The number of nitrogens with zero attached hydrogens (tertiary/aromatic N) is 3. The zero-order valence-electron chi connectivity index (χ0n) is 11.5. The van der Waals surface area contributed by atoms with E-state index in [1.165, 1.54) is 0 Å². The van der Waals surface area contributed by atoms with Gasteiger partial charge in [0.1, 0.15) is 0 Å². The Labute approximate surface area is 116 Å². The van der Waals surface area contributed by atoms with Crippen LogP contribution in [0.3, 0.4) is 0 Å². The quantitative estimate of drug-likeness (QED) is 0.793. The molecule has 5 nitrogen and oxygen atoms in total. The molecular formula is C15H16N4O. The van der Waals surface area contributed by atoms with Crippen molar-refractivity contribution in [1.29, 1.82) is 0 Å². The van der Waals surface area contributed by atoms with Crippen LogP contribution in [-0.4, -0.2) is 19.7 Å². The molecule has 0 saturated heterocycles. The van der Waals surface area contributed by atoms with Gasteiger partial charge in [-0.05, 0) is 29.7 Å². The molecule has 0 aromatic carbocycles. The number of hydrogen-bond acceptors (Lipinski definition) is 3. The van der Waals surface area contributed by atoms with E-state index in [9.17, 15) is 4.79 Å². The Morgan fingerprint density at radius 3 is 2.70 bits per heavy atom. The molecule has 20 heavy (non-hydrogen) atoms. The van der Waals surface area contributed by atoms with Crippen LogP contribution >= 0.6 is 0 Å². The summed E-state index contributed by atoms with van der Waals surface area (Å²) in [6, 6.07) is 5.69. The average molecular weight is 268 g/mol. The molecule has 0 aliphatic heterocycles. The highest BCUT2D eigenvalue weighted by molar-refractivity contribution is 5.80. The van der Waals surface area contributed by atoms with E-state index in [2.05, 4.69) is 28.9 Å². The second kappa shape index (κ2) is 4.92. The lowest BCUT2D eigenvalue weighted by Crippen LogP contribution is -2.09. The summed E-state index contributed by atoms with van der Waals surface area (Å²) in [5.74, 6) is 0.447. The fourth-order valence-corrected chi connectivity index (χ4v) is 2.27. The highest BCUT2D eigenvalue weighted by Crippen LogP contribution is 2.20. The first-order chi connectivity index (χ1) is 9.65. The molecule has 0 amide bonds. The summed E-state index contributed by atoms with van der Waals surface area (Å²) in [7, 11) is 0. The lowest BCUT2D eigenvalue weighted by Gasteiger charge is -2.06. The smallest absolute Gasteiger partial charge is 0.267 e. The SMILES string of the molecule is CC(C)Cn1[nH]c(=O)c2cc(-c3ccncc3)cnc21. The molecule has 0 spiro atoms. The summed E-state index contributed by atoms with van der Waals surface area (Å²) in [6.07, 6.45) is 5.25. The Morgan fingerprint density at radius 2 is 2.00 bits per heavy atom. The first-order valence-electron chi connectivity index (χ1n) is 6.64. The second-order valence-electron chi connectivity index (χ2n) is 5.28. The molecule has 3 aromatic heterocycles. The van der Waals surface area contributed by atoms with Crippen LogP contribution in [0.5, 0.6) is 0 Å². The van der Waals surface area contributed by atoms with Crippen LogP contribution in [0.4, 0.5) is 0 Å². The predicted octanol–water partition coefficient (Wildman–Crippen LogP) is 2.44. The van der Waals surface area contributed by atoms with Crippen molar-refractivity contribution in [3.05, 3.63) is 47.1 Å². The fourth-order valence-electron chi connectivity index (χ4n) is 2.27. The maximum Gasteiger partial charge on any atom is 0.273 e. The van der Waals surface area contributed by atoms with Crippen LogP contribution < -0.4 is 5.56 Å². The van der Waals surface area contributed by atoms with E-state index >= 15 is 0 Å². The van der Waals surface area contributed by atoms with E-state index in [4.69, 9.17) is 0 Å². The lowest BCUT2D eigenvalue weighted by molar-refractivity contribution is 0.490. The summed E-state index contributed by atoms with van der Waals surface area (Å²) >= 11 is 0. The van der Waals surface area contributed by atoms with Crippen molar-refractivity contribution >= 4 is 11.0 Å². The number of nitrogens with one attached hydrogen (secondary N) is 1. The number of H-pyrrole nitrogens is 1. The van der Waals surface area contributed by atoms with Crippen molar-refractivity contribution in [3.8, 4) is 11.1 Å². The summed E-state index contributed by atoms with van der Waals surface area (Å²) in [5, 5.41) is 3.47. The van der Waals surface area contributed by atoms with Gasteiger partial charge in [0.25, 0.3) is 5.56 Å². The Bertz CT molecular complexity index is 786. The van der Waals surface area contributed by atoms with Gasteiger partial charge in [-0.3, -0.25) is 19.6 Å². The van der Waals surface area contributed by atoms with Crippen LogP contribution in [0.2, 0.25) is 0 Å². The van der Waals surface area contributed by atoms with Crippen LogP contribution in [0.15, 0.2) is 41.6 Å². The number of aromatic amines is 1. The van der Waals surface area contributed by atoms with Crippen molar-refractivity contribution in [3.63, 3.8) is 0 Å². The van der Waals surface area contributed by atoms with E-state index in [-0.39, 0.29) is 5.56 Å². The van der Waals surface area contributed by atoms with E-state index < -0.39 is 0 Å². The van der Waals surface area contributed by atoms with Gasteiger partial charge in [-0.15, -0.1) is 0 Å². The van der Waals surface area contributed by atoms with Gasteiger partial charge in [-0.2, -0.15) is 0 Å². The normalized spacial score (nSPS) is 11.3. The molecule has 0 radical (unpaired) electrons. The van der Waals surface area contributed by atoms with Crippen molar-refractivity contribution in [2.75, 3.05) is 0 Å². The maximum absolute atomic E-state index is 12.0. The minimum atomic E-state index is -0.0935. The van der Waals surface area contributed by atoms with Gasteiger partial charge in [0, 0.05) is 30.7 Å². The number of hydrogen-bond donors (Lipinski definition) is 1. The monoisotopic (exact) mass is 268 g/mol. The maximum atomic E-state index is 12.0. The molecule has 102 valence electrons. The summed E-state index contributed by atoms with van der Waals surface area (Å²) in [4.78, 5) is 20.5. The Hall–Kier alpha value is -2.43. The first-order valence-corrected chi connectivity index (χ1v) is 6.64. The minimum Gasteiger partial charge on any atom is -0.267 e. The van der Waals surface area contributed by atoms with Crippen LogP contribution in [0.1, 0.15) is 13.8 Å². The standard InChI is InChI=1S/C15H16N4O/c1-10(2)9-19-14-13(15(20)18-19)7-12(8-17-14)11-3-5-16-6-4-11/h3-8,10H,9H2,1-2H3,(H,18,20). The Balaban J connectivity index is 2.13. The molecule has 0 atom stereocenters.